The lowest BCUT2D eigenvalue weighted by atomic mass is 10.0. The van der Waals surface area contributed by atoms with Crippen molar-refractivity contribution < 1.29 is 29.0 Å². The molecule has 0 fully saturated rings. The number of carbonyl (C=O) groups excluding carboxylic acids is 4. The van der Waals surface area contributed by atoms with Gasteiger partial charge in [0.15, 0.2) is 5.75 Å². The molecule has 2 aromatic rings. The number of para-hydroxylation sites is 1. The predicted octanol–water partition coefficient (Wildman–Crippen LogP) is 2.83. The van der Waals surface area contributed by atoms with E-state index in [9.17, 15) is 24.3 Å². The number of esters is 1. The van der Waals surface area contributed by atoms with Crippen molar-refractivity contribution in [1.82, 2.24) is 4.90 Å². The third kappa shape index (κ3) is 3.44. The Balaban J connectivity index is 1.91. The van der Waals surface area contributed by atoms with E-state index < -0.39 is 35.0 Å². The Hall–Kier alpha value is -3.68. The summed E-state index contributed by atoms with van der Waals surface area (Å²) in [7, 11) is 1.18. The van der Waals surface area contributed by atoms with E-state index in [4.69, 9.17) is 0 Å². The molecule has 0 radical (unpaired) electrons. The number of phenols is 1. The standard InChI is InChI=1S/C21H20N2O6/c1-21(2,3)23-18(26)12-9-8-11(10-14(12)19(23)27)17(25)22-15-7-5-6-13(16(15)24)20(28)29-4/h5-10,24H,1-4H3,(H,22,25). The van der Waals surface area contributed by atoms with E-state index in [1.807, 2.05) is 0 Å². The lowest BCUT2D eigenvalue weighted by Gasteiger charge is -2.29. The van der Waals surface area contributed by atoms with Crippen molar-refractivity contribution in [2.75, 3.05) is 12.4 Å². The van der Waals surface area contributed by atoms with Crippen LogP contribution in [0.15, 0.2) is 36.4 Å². The largest absolute Gasteiger partial charge is 0.505 e. The van der Waals surface area contributed by atoms with Crippen LogP contribution in [-0.4, -0.2) is 46.3 Å². The highest BCUT2D eigenvalue weighted by Crippen LogP contribution is 2.31. The fourth-order valence-electron chi connectivity index (χ4n) is 3.10. The molecule has 0 aromatic heterocycles. The molecule has 0 unspecified atom stereocenters. The van der Waals surface area contributed by atoms with Gasteiger partial charge in [0.2, 0.25) is 0 Å². The van der Waals surface area contributed by atoms with Gasteiger partial charge in [0, 0.05) is 11.1 Å². The van der Waals surface area contributed by atoms with Crippen LogP contribution in [0.25, 0.3) is 0 Å². The zero-order chi connectivity index (χ0) is 21.5. The van der Waals surface area contributed by atoms with Crippen molar-refractivity contribution in [3.8, 4) is 5.75 Å². The van der Waals surface area contributed by atoms with Crippen LogP contribution in [0.2, 0.25) is 0 Å². The Morgan fingerprint density at radius 1 is 1.03 bits per heavy atom. The average Bonchev–Trinajstić information content (AvgIpc) is 2.92. The number of nitrogens with zero attached hydrogens (tertiary/aromatic N) is 1. The zero-order valence-electron chi connectivity index (χ0n) is 16.4. The molecule has 2 aromatic carbocycles. The molecule has 3 rings (SSSR count). The quantitative estimate of drug-likeness (QED) is 0.469. The number of carbonyl (C=O) groups is 4. The summed E-state index contributed by atoms with van der Waals surface area (Å²) in [5, 5.41) is 12.7. The third-order valence-electron chi connectivity index (χ3n) is 4.51. The van der Waals surface area contributed by atoms with Gasteiger partial charge in [0.25, 0.3) is 17.7 Å². The van der Waals surface area contributed by atoms with E-state index >= 15 is 0 Å². The number of fused-ring (bicyclic) bond motifs is 1. The summed E-state index contributed by atoms with van der Waals surface area (Å²) in [5.74, 6) is -2.67. The summed E-state index contributed by atoms with van der Waals surface area (Å²) in [6.45, 7) is 5.25. The van der Waals surface area contributed by atoms with Gasteiger partial charge < -0.3 is 15.2 Å². The maximum atomic E-state index is 12.7. The van der Waals surface area contributed by atoms with Gasteiger partial charge in [-0.15, -0.1) is 0 Å². The summed E-state index contributed by atoms with van der Waals surface area (Å²) in [6.07, 6.45) is 0. The number of benzene rings is 2. The summed E-state index contributed by atoms with van der Waals surface area (Å²) in [6, 6.07) is 8.46. The molecule has 1 aliphatic rings. The SMILES string of the molecule is COC(=O)c1cccc(NC(=O)c2ccc3c(c2)C(=O)N(C(C)(C)C)C3=O)c1O. The number of hydrogen-bond donors (Lipinski definition) is 2. The first-order valence-electron chi connectivity index (χ1n) is 8.81. The van der Waals surface area contributed by atoms with E-state index in [1.54, 1.807) is 20.8 Å². The molecule has 3 amide bonds. The van der Waals surface area contributed by atoms with E-state index in [2.05, 4.69) is 10.1 Å². The molecule has 29 heavy (non-hydrogen) atoms. The van der Waals surface area contributed by atoms with Crippen molar-refractivity contribution in [2.24, 2.45) is 0 Å². The summed E-state index contributed by atoms with van der Waals surface area (Å²) in [5.41, 5.74) is -0.279. The number of amides is 3. The molecular weight excluding hydrogens is 376 g/mol. The van der Waals surface area contributed by atoms with Gasteiger partial charge in [0.05, 0.1) is 23.9 Å². The Morgan fingerprint density at radius 2 is 1.69 bits per heavy atom. The van der Waals surface area contributed by atoms with Crippen LogP contribution >= 0.6 is 0 Å². The highest BCUT2D eigenvalue weighted by molar-refractivity contribution is 6.22. The van der Waals surface area contributed by atoms with Gasteiger partial charge in [-0.2, -0.15) is 0 Å². The molecule has 0 bridgehead atoms. The lowest BCUT2D eigenvalue weighted by molar-refractivity contribution is 0.0506. The van der Waals surface area contributed by atoms with Crippen LogP contribution in [0.5, 0.6) is 5.75 Å². The highest BCUT2D eigenvalue weighted by Gasteiger charge is 2.42. The molecule has 0 aliphatic carbocycles. The van der Waals surface area contributed by atoms with Gasteiger partial charge in [-0.3, -0.25) is 19.3 Å². The first-order chi connectivity index (χ1) is 13.6. The Bertz CT molecular complexity index is 1050. The topological polar surface area (TPSA) is 113 Å². The Morgan fingerprint density at radius 3 is 2.31 bits per heavy atom. The number of hydrogen-bond acceptors (Lipinski definition) is 6. The number of aromatic hydroxyl groups is 1. The monoisotopic (exact) mass is 396 g/mol. The second-order valence-corrected chi connectivity index (χ2v) is 7.52. The van der Waals surface area contributed by atoms with Crippen LogP contribution in [0.3, 0.4) is 0 Å². The van der Waals surface area contributed by atoms with Crippen LogP contribution in [0.1, 0.15) is 62.2 Å². The molecule has 150 valence electrons. The minimum atomic E-state index is -0.748. The van der Waals surface area contributed by atoms with Gasteiger partial charge in [-0.05, 0) is 51.1 Å². The predicted molar refractivity (Wildman–Crippen MR) is 104 cm³/mol. The average molecular weight is 396 g/mol. The molecule has 8 nitrogen and oxygen atoms in total. The van der Waals surface area contributed by atoms with E-state index in [1.165, 1.54) is 43.5 Å². The van der Waals surface area contributed by atoms with Crippen molar-refractivity contribution in [1.29, 1.82) is 0 Å². The van der Waals surface area contributed by atoms with Crippen molar-refractivity contribution >= 4 is 29.4 Å². The number of nitrogens with one attached hydrogen (secondary N) is 1. The minimum absolute atomic E-state index is 0.0112. The van der Waals surface area contributed by atoms with E-state index in [0.29, 0.717) is 0 Å². The Kier molecular flexibility index (Phi) is 4.88. The summed E-state index contributed by atoms with van der Waals surface area (Å²) >= 11 is 0. The minimum Gasteiger partial charge on any atom is -0.505 e. The Labute approximate surface area is 167 Å². The third-order valence-corrected chi connectivity index (χ3v) is 4.51. The second-order valence-electron chi connectivity index (χ2n) is 7.52. The first kappa shape index (κ1) is 20.1. The number of phenolic OH excluding ortho intramolecular Hbond substituents is 1. The van der Waals surface area contributed by atoms with Crippen LogP contribution in [0.4, 0.5) is 5.69 Å². The number of rotatable bonds is 3. The second kappa shape index (κ2) is 7.05. The molecule has 0 spiro atoms. The molecular formula is C21H20N2O6. The number of methoxy groups -OCH3 is 1. The van der Waals surface area contributed by atoms with Crippen LogP contribution < -0.4 is 5.32 Å². The first-order valence-corrected chi connectivity index (χ1v) is 8.81. The van der Waals surface area contributed by atoms with Crippen LogP contribution in [-0.2, 0) is 4.74 Å². The molecule has 2 N–H and O–H groups in total. The summed E-state index contributed by atoms with van der Waals surface area (Å²) < 4.78 is 4.59. The smallest absolute Gasteiger partial charge is 0.341 e. The van der Waals surface area contributed by atoms with E-state index in [-0.39, 0.29) is 27.9 Å². The maximum absolute atomic E-state index is 12.7. The number of ether oxygens (including phenoxy) is 1. The van der Waals surface area contributed by atoms with Crippen molar-refractivity contribution in [3.63, 3.8) is 0 Å². The number of anilines is 1. The molecule has 1 aliphatic heterocycles. The van der Waals surface area contributed by atoms with Crippen LogP contribution in [0, 0.1) is 0 Å². The fourth-order valence-corrected chi connectivity index (χ4v) is 3.10. The van der Waals surface area contributed by atoms with Gasteiger partial charge in [0.1, 0.15) is 5.56 Å². The summed E-state index contributed by atoms with van der Waals surface area (Å²) in [4.78, 5) is 50.7. The lowest BCUT2D eigenvalue weighted by Crippen LogP contribution is -2.45. The molecule has 0 saturated heterocycles. The molecule has 0 saturated carbocycles. The molecule has 1 heterocycles. The van der Waals surface area contributed by atoms with Gasteiger partial charge in [-0.25, -0.2) is 4.79 Å². The zero-order valence-corrected chi connectivity index (χ0v) is 16.4. The number of imide groups is 1. The highest BCUT2D eigenvalue weighted by atomic mass is 16.5. The molecule has 8 heteroatoms. The molecule has 0 atom stereocenters. The normalized spacial score (nSPS) is 13.3. The van der Waals surface area contributed by atoms with Gasteiger partial charge >= 0.3 is 5.97 Å². The van der Waals surface area contributed by atoms with Crippen molar-refractivity contribution in [2.45, 2.75) is 26.3 Å². The van der Waals surface area contributed by atoms with E-state index in [0.717, 1.165) is 4.90 Å². The van der Waals surface area contributed by atoms with Gasteiger partial charge in [-0.1, -0.05) is 6.07 Å². The fraction of sp³-hybridized carbons (Fsp3) is 0.238. The maximum Gasteiger partial charge on any atom is 0.341 e. The van der Waals surface area contributed by atoms with Crippen molar-refractivity contribution in [3.05, 3.63) is 58.7 Å².